The first-order chi connectivity index (χ1) is 10.0. The van der Waals surface area contributed by atoms with Crippen LogP contribution in [0.4, 0.5) is 11.5 Å². The fourth-order valence-electron chi connectivity index (χ4n) is 3.76. The van der Waals surface area contributed by atoms with Gasteiger partial charge in [0, 0.05) is 30.4 Å². The second-order valence-electron chi connectivity index (χ2n) is 6.35. The van der Waals surface area contributed by atoms with Gasteiger partial charge in [0.1, 0.15) is 0 Å². The maximum Gasteiger partial charge on any atom is 0.311 e. The zero-order chi connectivity index (χ0) is 15.0. The number of fused-ring (bicyclic) bond motifs is 2. The Morgan fingerprint density at radius 3 is 2.67 bits per heavy atom. The lowest BCUT2D eigenvalue weighted by molar-refractivity contribution is -0.384. The van der Waals surface area contributed by atoms with Crippen molar-refractivity contribution in [3.8, 4) is 0 Å². The lowest BCUT2D eigenvalue weighted by Crippen LogP contribution is -2.41. The summed E-state index contributed by atoms with van der Waals surface area (Å²) in [5.41, 5.74) is 0.864. The minimum Gasteiger partial charge on any atom is -0.364 e. The van der Waals surface area contributed by atoms with Crippen molar-refractivity contribution >= 4 is 11.5 Å². The smallest absolute Gasteiger partial charge is 0.311 e. The standard InChI is InChI=1S/C15H22N4O2/c1-10-3-6-14(19(20)21)15(17-10)16-9-11-7-12-4-5-13(8-11)18(12)2/h3,6,11-13H,4-5,7-9H2,1-2H3,(H,16,17). The Bertz CT molecular complexity index is 534. The number of pyridine rings is 1. The first-order valence-electron chi connectivity index (χ1n) is 7.62. The Hall–Kier alpha value is -1.69. The largest absolute Gasteiger partial charge is 0.364 e. The van der Waals surface area contributed by atoms with Gasteiger partial charge in [0.15, 0.2) is 0 Å². The van der Waals surface area contributed by atoms with E-state index in [1.807, 2.05) is 6.92 Å². The van der Waals surface area contributed by atoms with E-state index in [9.17, 15) is 10.1 Å². The highest BCUT2D eigenvalue weighted by molar-refractivity contribution is 5.56. The van der Waals surface area contributed by atoms with Crippen LogP contribution in [0.3, 0.4) is 0 Å². The molecular weight excluding hydrogens is 268 g/mol. The molecule has 114 valence electrons. The molecule has 1 N–H and O–H groups in total. The van der Waals surface area contributed by atoms with E-state index in [1.54, 1.807) is 6.07 Å². The van der Waals surface area contributed by atoms with Gasteiger partial charge in [0.05, 0.1) is 4.92 Å². The van der Waals surface area contributed by atoms with Crippen LogP contribution in [0.1, 0.15) is 31.4 Å². The van der Waals surface area contributed by atoms with Crippen molar-refractivity contribution < 1.29 is 4.92 Å². The summed E-state index contributed by atoms with van der Waals surface area (Å²) in [5.74, 6) is 0.992. The molecule has 0 radical (unpaired) electrons. The Balaban J connectivity index is 1.66. The van der Waals surface area contributed by atoms with Crippen LogP contribution >= 0.6 is 0 Å². The molecule has 3 rings (SSSR count). The second kappa shape index (κ2) is 5.60. The predicted molar refractivity (Wildman–Crippen MR) is 81.4 cm³/mol. The van der Waals surface area contributed by atoms with Gasteiger partial charge in [-0.1, -0.05) is 0 Å². The summed E-state index contributed by atoms with van der Waals surface area (Å²) in [4.78, 5) is 17.5. The number of hydrogen-bond acceptors (Lipinski definition) is 5. The van der Waals surface area contributed by atoms with Gasteiger partial charge in [-0.05, 0) is 51.6 Å². The third kappa shape index (κ3) is 2.85. The number of aromatic nitrogens is 1. The molecule has 2 bridgehead atoms. The van der Waals surface area contributed by atoms with Crippen molar-refractivity contribution in [2.75, 3.05) is 18.9 Å². The highest BCUT2D eigenvalue weighted by Crippen LogP contribution is 2.37. The fourth-order valence-corrected chi connectivity index (χ4v) is 3.76. The maximum atomic E-state index is 11.1. The fraction of sp³-hybridized carbons (Fsp3) is 0.667. The first-order valence-corrected chi connectivity index (χ1v) is 7.62. The van der Waals surface area contributed by atoms with E-state index < -0.39 is 0 Å². The van der Waals surface area contributed by atoms with Gasteiger partial charge in [-0.15, -0.1) is 0 Å². The Labute approximate surface area is 124 Å². The van der Waals surface area contributed by atoms with Crippen LogP contribution in [0.5, 0.6) is 0 Å². The molecule has 1 aromatic rings. The van der Waals surface area contributed by atoms with Gasteiger partial charge in [0.25, 0.3) is 0 Å². The molecule has 0 aliphatic carbocycles. The molecule has 6 nitrogen and oxygen atoms in total. The number of nitro groups is 1. The lowest BCUT2D eigenvalue weighted by Gasteiger charge is -2.36. The van der Waals surface area contributed by atoms with Crippen LogP contribution in [0.2, 0.25) is 0 Å². The number of nitrogens with one attached hydrogen (secondary N) is 1. The van der Waals surface area contributed by atoms with E-state index in [0.29, 0.717) is 23.8 Å². The van der Waals surface area contributed by atoms with Crippen LogP contribution in [0, 0.1) is 23.0 Å². The van der Waals surface area contributed by atoms with Crippen molar-refractivity contribution in [1.29, 1.82) is 0 Å². The maximum absolute atomic E-state index is 11.1. The van der Waals surface area contributed by atoms with Gasteiger partial charge in [-0.25, -0.2) is 4.98 Å². The summed E-state index contributed by atoms with van der Waals surface area (Å²) in [7, 11) is 2.22. The number of piperidine rings is 1. The molecule has 2 fully saturated rings. The average Bonchev–Trinajstić information content (AvgIpc) is 2.67. The molecule has 2 saturated heterocycles. The Morgan fingerprint density at radius 1 is 1.38 bits per heavy atom. The van der Waals surface area contributed by atoms with E-state index >= 15 is 0 Å². The van der Waals surface area contributed by atoms with Gasteiger partial charge < -0.3 is 10.2 Å². The van der Waals surface area contributed by atoms with Crippen LogP contribution < -0.4 is 5.32 Å². The van der Waals surface area contributed by atoms with Crippen LogP contribution in [0.25, 0.3) is 0 Å². The molecule has 2 aliphatic rings. The quantitative estimate of drug-likeness (QED) is 0.681. The molecule has 1 aromatic heterocycles. The van der Waals surface area contributed by atoms with Gasteiger partial charge in [0.2, 0.25) is 5.82 Å². The van der Waals surface area contributed by atoms with Gasteiger partial charge in [-0.2, -0.15) is 0 Å². The first kappa shape index (κ1) is 14.3. The van der Waals surface area contributed by atoms with Crippen molar-refractivity contribution in [3.05, 3.63) is 27.9 Å². The summed E-state index contributed by atoms with van der Waals surface area (Å²) in [6.45, 7) is 2.63. The summed E-state index contributed by atoms with van der Waals surface area (Å²) >= 11 is 0. The highest BCUT2D eigenvalue weighted by Gasteiger charge is 2.38. The Kier molecular flexibility index (Phi) is 3.80. The van der Waals surface area contributed by atoms with Crippen molar-refractivity contribution in [1.82, 2.24) is 9.88 Å². The number of nitrogens with zero attached hydrogens (tertiary/aromatic N) is 3. The molecule has 2 unspecified atom stereocenters. The monoisotopic (exact) mass is 290 g/mol. The minimum atomic E-state index is -0.368. The van der Waals surface area contributed by atoms with Gasteiger partial charge >= 0.3 is 5.69 Å². The number of rotatable bonds is 4. The molecular formula is C15H22N4O2. The van der Waals surface area contributed by atoms with Crippen molar-refractivity contribution in [2.45, 2.75) is 44.7 Å². The lowest BCUT2D eigenvalue weighted by atomic mass is 9.91. The zero-order valence-corrected chi connectivity index (χ0v) is 12.6. The third-order valence-electron chi connectivity index (χ3n) is 4.96. The molecule has 0 amide bonds. The van der Waals surface area contributed by atoms with Gasteiger partial charge in [-0.3, -0.25) is 10.1 Å². The predicted octanol–water partition coefficient (Wildman–Crippen LogP) is 2.58. The third-order valence-corrected chi connectivity index (χ3v) is 4.96. The number of aryl methyl sites for hydroxylation is 1. The molecule has 2 aliphatic heterocycles. The van der Waals surface area contributed by atoms with Crippen LogP contribution in [0.15, 0.2) is 12.1 Å². The molecule has 6 heteroatoms. The topological polar surface area (TPSA) is 71.3 Å². The second-order valence-corrected chi connectivity index (χ2v) is 6.35. The molecule has 0 saturated carbocycles. The van der Waals surface area contributed by atoms with Crippen LogP contribution in [-0.2, 0) is 0 Å². The number of hydrogen-bond donors (Lipinski definition) is 1. The summed E-state index contributed by atoms with van der Waals surface area (Å²) in [5, 5.41) is 14.3. The van der Waals surface area contributed by atoms with Crippen molar-refractivity contribution in [3.63, 3.8) is 0 Å². The van der Waals surface area contributed by atoms with E-state index in [1.165, 1.54) is 31.7 Å². The van der Waals surface area contributed by atoms with Crippen molar-refractivity contribution in [2.24, 2.45) is 5.92 Å². The summed E-state index contributed by atoms with van der Waals surface area (Å²) < 4.78 is 0. The Morgan fingerprint density at radius 2 is 2.05 bits per heavy atom. The average molecular weight is 290 g/mol. The zero-order valence-electron chi connectivity index (χ0n) is 12.6. The van der Waals surface area contributed by atoms with E-state index in [-0.39, 0.29) is 10.6 Å². The van der Waals surface area contributed by atoms with E-state index in [2.05, 4.69) is 22.2 Å². The van der Waals surface area contributed by atoms with E-state index in [0.717, 1.165) is 12.2 Å². The minimum absolute atomic E-state index is 0.0662. The molecule has 0 aromatic carbocycles. The molecule has 2 atom stereocenters. The summed E-state index contributed by atoms with van der Waals surface area (Å²) in [6, 6.07) is 4.59. The normalized spacial score (nSPS) is 28.6. The van der Waals surface area contributed by atoms with E-state index in [4.69, 9.17) is 0 Å². The molecule has 21 heavy (non-hydrogen) atoms. The van der Waals surface area contributed by atoms with Crippen LogP contribution in [-0.4, -0.2) is 40.5 Å². The SMILES string of the molecule is Cc1ccc([N+](=O)[O-])c(NCC2CC3CCC(C2)N3C)n1. The molecule has 0 spiro atoms. The highest BCUT2D eigenvalue weighted by atomic mass is 16.6. The summed E-state index contributed by atoms with van der Waals surface area (Å²) in [6.07, 6.45) is 4.94. The number of anilines is 1. The molecule has 3 heterocycles.